The number of benzene rings is 1. The van der Waals surface area contributed by atoms with Crippen molar-refractivity contribution in [3.8, 4) is 0 Å². The SMILES string of the molecule is CC(C)(C)OC(=O)Cc1sc2c(c1C(=O)O)CC(NC(=O)OCc1ccccc1)CC2. The van der Waals surface area contributed by atoms with Gasteiger partial charge in [-0.1, -0.05) is 30.3 Å². The van der Waals surface area contributed by atoms with Crippen LogP contribution in [0.25, 0.3) is 0 Å². The average molecular weight is 446 g/mol. The van der Waals surface area contributed by atoms with E-state index in [1.807, 2.05) is 30.3 Å². The number of carboxylic acids is 1. The van der Waals surface area contributed by atoms with Crippen LogP contribution in [0.15, 0.2) is 30.3 Å². The molecular formula is C23H27NO6S. The topological polar surface area (TPSA) is 102 Å². The van der Waals surface area contributed by atoms with Gasteiger partial charge in [-0.2, -0.15) is 0 Å². The van der Waals surface area contributed by atoms with Crippen molar-refractivity contribution in [1.29, 1.82) is 0 Å². The molecule has 0 aliphatic heterocycles. The van der Waals surface area contributed by atoms with Crippen molar-refractivity contribution >= 4 is 29.4 Å². The van der Waals surface area contributed by atoms with Crippen LogP contribution in [0.2, 0.25) is 0 Å². The smallest absolute Gasteiger partial charge is 0.407 e. The largest absolute Gasteiger partial charge is 0.478 e. The van der Waals surface area contributed by atoms with Gasteiger partial charge in [0.05, 0.1) is 12.0 Å². The van der Waals surface area contributed by atoms with Crippen molar-refractivity contribution in [2.45, 2.75) is 64.7 Å². The molecule has 166 valence electrons. The second kappa shape index (κ2) is 9.51. The molecule has 1 aromatic carbocycles. The molecular weight excluding hydrogens is 418 g/mol. The Morgan fingerprint density at radius 3 is 2.55 bits per heavy atom. The van der Waals surface area contributed by atoms with E-state index in [9.17, 15) is 19.5 Å². The number of hydrogen-bond donors (Lipinski definition) is 2. The molecule has 8 heteroatoms. The van der Waals surface area contributed by atoms with Crippen LogP contribution in [0.4, 0.5) is 4.79 Å². The number of carbonyl (C=O) groups is 3. The van der Waals surface area contributed by atoms with E-state index in [1.54, 1.807) is 20.8 Å². The van der Waals surface area contributed by atoms with Crippen LogP contribution in [-0.4, -0.2) is 34.8 Å². The quantitative estimate of drug-likeness (QED) is 0.649. The Morgan fingerprint density at radius 1 is 1.19 bits per heavy atom. The summed E-state index contributed by atoms with van der Waals surface area (Å²) in [6, 6.07) is 9.16. The molecule has 7 nitrogen and oxygen atoms in total. The zero-order chi connectivity index (χ0) is 22.6. The summed E-state index contributed by atoms with van der Waals surface area (Å²) in [5.74, 6) is -1.52. The van der Waals surface area contributed by atoms with Crippen molar-refractivity contribution in [2.75, 3.05) is 0 Å². The van der Waals surface area contributed by atoms with Crippen molar-refractivity contribution in [2.24, 2.45) is 0 Å². The van der Waals surface area contributed by atoms with Gasteiger partial charge in [0.2, 0.25) is 0 Å². The molecule has 31 heavy (non-hydrogen) atoms. The molecule has 1 aliphatic rings. The second-order valence-electron chi connectivity index (χ2n) is 8.52. The van der Waals surface area contributed by atoms with Gasteiger partial charge in [0.25, 0.3) is 0 Å². The number of carboxylic acid groups (broad SMARTS) is 1. The summed E-state index contributed by atoms with van der Waals surface area (Å²) in [5.41, 5.74) is 1.11. The summed E-state index contributed by atoms with van der Waals surface area (Å²) in [6.07, 6.45) is 1.10. The lowest BCUT2D eigenvalue weighted by Gasteiger charge is -2.23. The third kappa shape index (κ3) is 6.30. The summed E-state index contributed by atoms with van der Waals surface area (Å²) in [5, 5.41) is 12.6. The Kier molecular flexibility index (Phi) is 7.00. The number of amides is 1. The summed E-state index contributed by atoms with van der Waals surface area (Å²) in [4.78, 5) is 37.8. The van der Waals surface area contributed by atoms with Gasteiger partial charge in [-0.05, 0) is 51.2 Å². The van der Waals surface area contributed by atoms with E-state index in [0.717, 1.165) is 10.4 Å². The third-order valence-corrected chi connectivity index (χ3v) is 6.10. The van der Waals surface area contributed by atoms with Crippen LogP contribution in [-0.2, 0) is 40.1 Å². The van der Waals surface area contributed by atoms with Crippen LogP contribution < -0.4 is 5.32 Å². The summed E-state index contributed by atoms with van der Waals surface area (Å²) < 4.78 is 10.6. The Hall–Kier alpha value is -2.87. The fraction of sp³-hybridized carbons (Fsp3) is 0.435. The van der Waals surface area contributed by atoms with Gasteiger partial charge in [0.1, 0.15) is 12.2 Å². The Labute approximate surface area is 185 Å². The molecule has 0 saturated carbocycles. The molecule has 1 aromatic heterocycles. The zero-order valence-corrected chi connectivity index (χ0v) is 18.7. The van der Waals surface area contributed by atoms with Gasteiger partial charge in [-0.15, -0.1) is 11.3 Å². The van der Waals surface area contributed by atoms with Gasteiger partial charge in [-0.25, -0.2) is 9.59 Å². The zero-order valence-electron chi connectivity index (χ0n) is 17.9. The van der Waals surface area contributed by atoms with Crippen LogP contribution in [0, 0.1) is 0 Å². The van der Waals surface area contributed by atoms with Crippen LogP contribution in [0.5, 0.6) is 0 Å². The summed E-state index contributed by atoms with van der Waals surface area (Å²) >= 11 is 1.35. The number of aryl methyl sites for hydroxylation is 1. The first kappa shape index (κ1) is 22.8. The number of carbonyl (C=O) groups excluding carboxylic acids is 2. The van der Waals surface area contributed by atoms with Crippen LogP contribution in [0.3, 0.4) is 0 Å². The Balaban J connectivity index is 1.65. The lowest BCUT2D eigenvalue weighted by atomic mass is 9.90. The average Bonchev–Trinajstić information content (AvgIpc) is 3.02. The van der Waals surface area contributed by atoms with Gasteiger partial charge in [0, 0.05) is 15.8 Å². The number of aromatic carboxylic acids is 1. The van der Waals surface area contributed by atoms with Gasteiger partial charge >= 0.3 is 18.0 Å². The number of esters is 1. The van der Waals surface area contributed by atoms with E-state index in [0.29, 0.717) is 29.7 Å². The highest BCUT2D eigenvalue weighted by atomic mass is 32.1. The van der Waals surface area contributed by atoms with E-state index in [-0.39, 0.29) is 24.6 Å². The monoisotopic (exact) mass is 445 g/mol. The molecule has 0 bridgehead atoms. The number of thiophene rings is 1. The van der Waals surface area contributed by atoms with Crippen molar-refractivity contribution in [3.05, 3.63) is 56.8 Å². The molecule has 1 aliphatic carbocycles. The molecule has 0 fully saturated rings. The molecule has 0 radical (unpaired) electrons. The minimum absolute atomic E-state index is 0.0756. The molecule has 0 spiro atoms. The van der Waals surface area contributed by atoms with Gasteiger partial charge in [-0.3, -0.25) is 4.79 Å². The summed E-state index contributed by atoms with van der Waals surface area (Å²) in [6.45, 7) is 5.49. The van der Waals surface area contributed by atoms with Crippen molar-refractivity contribution < 1.29 is 29.0 Å². The third-order valence-electron chi connectivity index (χ3n) is 4.81. The number of fused-ring (bicyclic) bond motifs is 1. The minimum atomic E-state index is -1.07. The Morgan fingerprint density at radius 2 is 1.90 bits per heavy atom. The lowest BCUT2D eigenvalue weighted by Crippen LogP contribution is -2.39. The minimum Gasteiger partial charge on any atom is -0.478 e. The van der Waals surface area contributed by atoms with Gasteiger partial charge in [0.15, 0.2) is 0 Å². The van der Waals surface area contributed by atoms with Crippen molar-refractivity contribution in [3.63, 3.8) is 0 Å². The lowest BCUT2D eigenvalue weighted by molar-refractivity contribution is -0.153. The molecule has 1 unspecified atom stereocenters. The molecule has 0 saturated heterocycles. The number of rotatable bonds is 6. The van der Waals surface area contributed by atoms with E-state index in [4.69, 9.17) is 9.47 Å². The highest BCUT2D eigenvalue weighted by molar-refractivity contribution is 7.12. The first-order valence-corrected chi connectivity index (χ1v) is 11.0. The molecule has 1 amide bonds. The molecule has 2 N–H and O–H groups in total. The fourth-order valence-electron chi connectivity index (χ4n) is 3.58. The predicted octanol–water partition coefficient (Wildman–Crippen LogP) is 4.11. The molecule has 1 heterocycles. The second-order valence-corrected chi connectivity index (χ2v) is 9.71. The number of hydrogen-bond acceptors (Lipinski definition) is 6. The van der Waals surface area contributed by atoms with Crippen LogP contribution >= 0.6 is 11.3 Å². The standard InChI is InChI=1S/C23H27NO6S/c1-23(2,3)30-19(25)12-18-20(21(26)27)16-11-15(9-10-17(16)31-18)24-22(28)29-13-14-7-5-4-6-8-14/h4-8,15H,9-13H2,1-3H3,(H,24,28)(H,26,27). The normalized spacial score (nSPS) is 15.6. The predicted molar refractivity (Wildman–Crippen MR) is 116 cm³/mol. The maximum absolute atomic E-state index is 12.2. The maximum atomic E-state index is 12.2. The van der Waals surface area contributed by atoms with E-state index in [1.165, 1.54) is 11.3 Å². The van der Waals surface area contributed by atoms with Crippen molar-refractivity contribution in [1.82, 2.24) is 5.32 Å². The van der Waals surface area contributed by atoms with Gasteiger partial charge < -0.3 is 19.9 Å². The first-order chi connectivity index (χ1) is 14.6. The van der Waals surface area contributed by atoms with E-state index in [2.05, 4.69) is 5.32 Å². The number of alkyl carbamates (subject to hydrolysis) is 1. The summed E-state index contributed by atoms with van der Waals surface area (Å²) in [7, 11) is 0. The number of ether oxygens (including phenoxy) is 2. The molecule has 3 rings (SSSR count). The van der Waals surface area contributed by atoms with E-state index >= 15 is 0 Å². The fourth-order valence-corrected chi connectivity index (χ4v) is 4.91. The Bertz CT molecular complexity index is 960. The molecule has 2 aromatic rings. The highest BCUT2D eigenvalue weighted by Gasteiger charge is 2.31. The van der Waals surface area contributed by atoms with E-state index < -0.39 is 23.6 Å². The van der Waals surface area contributed by atoms with Crippen LogP contribution in [0.1, 0.15) is 58.4 Å². The first-order valence-electron chi connectivity index (χ1n) is 10.2. The molecule has 1 atom stereocenters. The highest BCUT2D eigenvalue weighted by Crippen LogP contribution is 2.35. The maximum Gasteiger partial charge on any atom is 0.407 e. The number of nitrogens with one attached hydrogen (secondary N) is 1.